The maximum absolute atomic E-state index is 11.6. The average molecular weight is 308 g/mol. The third kappa shape index (κ3) is 2.85. The SMILES string of the molecule is O=CC1CC(c2ccccc2N=O)=CCN1c1ccccc1O. The Labute approximate surface area is 133 Å². The van der Waals surface area contributed by atoms with Gasteiger partial charge in [0.1, 0.15) is 17.7 Å². The molecule has 0 aromatic heterocycles. The molecule has 1 unspecified atom stereocenters. The highest BCUT2D eigenvalue weighted by atomic mass is 16.3. The molecule has 1 aliphatic heterocycles. The van der Waals surface area contributed by atoms with Crippen LogP contribution in [0.25, 0.3) is 5.57 Å². The van der Waals surface area contributed by atoms with Crippen LogP contribution in [0.3, 0.4) is 0 Å². The normalized spacial score (nSPS) is 17.5. The van der Waals surface area contributed by atoms with Crippen molar-refractivity contribution in [2.75, 3.05) is 11.4 Å². The van der Waals surface area contributed by atoms with Crippen molar-refractivity contribution in [2.45, 2.75) is 12.5 Å². The summed E-state index contributed by atoms with van der Waals surface area (Å²) in [6.45, 7) is 0.476. The van der Waals surface area contributed by atoms with Gasteiger partial charge in [0.15, 0.2) is 0 Å². The van der Waals surface area contributed by atoms with Crippen LogP contribution in [0.1, 0.15) is 12.0 Å². The van der Waals surface area contributed by atoms with E-state index in [2.05, 4.69) is 5.18 Å². The average Bonchev–Trinajstić information content (AvgIpc) is 2.61. The van der Waals surface area contributed by atoms with Gasteiger partial charge in [-0.25, -0.2) is 0 Å². The van der Waals surface area contributed by atoms with Gasteiger partial charge in [-0.05, 0) is 28.9 Å². The highest BCUT2D eigenvalue weighted by Gasteiger charge is 2.26. The first-order chi connectivity index (χ1) is 11.2. The summed E-state index contributed by atoms with van der Waals surface area (Å²) < 4.78 is 0. The van der Waals surface area contributed by atoms with Crippen molar-refractivity contribution in [1.82, 2.24) is 0 Å². The lowest BCUT2D eigenvalue weighted by Crippen LogP contribution is -2.39. The van der Waals surface area contributed by atoms with Crippen LogP contribution in [-0.2, 0) is 4.79 Å². The molecular weight excluding hydrogens is 292 g/mol. The van der Waals surface area contributed by atoms with Crippen molar-refractivity contribution in [2.24, 2.45) is 5.18 Å². The van der Waals surface area contributed by atoms with E-state index in [0.29, 0.717) is 24.3 Å². The fraction of sp³-hybridized carbons (Fsp3) is 0.167. The van der Waals surface area contributed by atoms with E-state index in [4.69, 9.17) is 0 Å². The standard InChI is InChI=1S/C18H16N2O3/c21-12-14-11-13(15-5-1-2-6-16(15)19-23)9-10-20(14)17-7-3-4-8-18(17)22/h1-9,12,14,22H,10-11H2. The van der Waals surface area contributed by atoms with Crippen molar-refractivity contribution in [3.63, 3.8) is 0 Å². The minimum Gasteiger partial charge on any atom is -0.506 e. The maximum atomic E-state index is 11.6. The van der Waals surface area contributed by atoms with Crippen LogP contribution in [0.15, 0.2) is 59.8 Å². The number of nitrogens with zero attached hydrogens (tertiary/aromatic N) is 2. The molecule has 1 aliphatic rings. The molecule has 0 fully saturated rings. The number of rotatable bonds is 4. The molecule has 3 rings (SSSR count). The number of phenols is 1. The molecule has 0 spiro atoms. The Hall–Kier alpha value is -2.95. The summed E-state index contributed by atoms with van der Waals surface area (Å²) in [5, 5.41) is 13.1. The summed E-state index contributed by atoms with van der Waals surface area (Å²) in [4.78, 5) is 24.4. The third-order valence-electron chi connectivity index (χ3n) is 4.06. The number of anilines is 1. The Morgan fingerprint density at radius 3 is 2.61 bits per heavy atom. The Balaban J connectivity index is 1.96. The lowest BCUT2D eigenvalue weighted by molar-refractivity contribution is -0.108. The van der Waals surface area contributed by atoms with Crippen LogP contribution in [0, 0.1) is 4.91 Å². The number of aldehydes is 1. The van der Waals surface area contributed by atoms with E-state index < -0.39 is 6.04 Å². The van der Waals surface area contributed by atoms with Gasteiger partial charge in [0.25, 0.3) is 0 Å². The highest BCUT2D eigenvalue weighted by molar-refractivity contribution is 5.82. The largest absolute Gasteiger partial charge is 0.506 e. The van der Waals surface area contributed by atoms with E-state index >= 15 is 0 Å². The van der Waals surface area contributed by atoms with Gasteiger partial charge in [-0.1, -0.05) is 36.4 Å². The first-order valence-electron chi connectivity index (χ1n) is 7.36. The van der Waals surface area contributed by atoms with Gasteiger partial charge in [0, 0.05) is 18.5 Å². The minimum atomic E-state index is -0.400. The van der Waals surface area contributed by atoms with E-state index in [1.54, 1.807) is 30.3 Å². The summed E-state index contributed by atoms with van der Waals surface area (Å²) in [5.74, 6) is 0.145. The van der Waals surface area contributed by atoms with Crippen LogP contribution in [0.4, 0.5) is 11.4 Å². The van der Waals surface area contributed by atoms with E-state index in [0.717, 1.165) is 17.4 Å². The fourth-order valence-electron chi connectivity index (χ4n) is 2.91. The monoisotopic (exact) mass is 308 g/mol. The van der Waals surface area contributed by atoms with Gasteiger partial charge in [0.2, 0.25) is 0 Å². The third-order valence-corrected chi connectivity index (χ3v) is 4.06. The molecule has 1 heterocycles. The molecule has 5 heteroatoms. The molecule has 0 radical (unpaired) electrons. The van der Waals surface area contributed by atoms with Gasteiger partial charge >= 0.3 is 0 Å². The highest BCUT2D eigenvalue weighted by Crippen LogP contribution is 2.36. The molecule has 2 aromatic rings. The first-order valence-corrected chi connectivity index (χ1v) is 7.36. The molecule has 116 valence electrons. The van der Waals surface area contributed by atoms with Crippen LogP contribution in [0.5, 0.6) is 5.75 Å². The van der Waals surface area contributed by atoms with Crippen LogP contribution in [0.2, 0.25) is 0 Å². The van der Waals surface area contributed by atoms with Gasteiger partial charge in [-0.2, -0.15) is 0 Å². The van der Waals surface area contributed by atoms with E-state index in [1.807, 2.05) is 29.2 Å². The number of carbonyl (C=O) groups is 1. The predicted octanol–water partition coefficient (Wildman–Crippen LogP) is 3.65. The minimum absolute atomic E-state index is 0.145. The van der Waals surface area contributed by atoms with Crippen LogP contribution < -0.4 is 4.90 Å². The molecule has 0 saturated heterocycles. The Morgan fingerprint density at radius 2 is 1.87 bits per heavy atom. The van der Waals surface area contributed by atoms with Crippen LogP contribution in [-0.4, -0.2) is 24.0 Å². The number of nitroso groups, excluding NO2 is 1. The summed E-state index contributed by atoms with van der Waals surface area (Å²) in [5.41, 5.74) is 2.68. The molecule has 23 heavy (non-hydrogen) atoms. The number of benzene rings is 2. The molecular formula is C18H16N2O3. The molecule has 0 amide bonds. The first kappa shape index (κ1) is 15.0. The number of aromatic hydroxyl groups is 1. The number of phenolic OH excluding ortho intramolecular Hbond substituents is 1. The Bertz CT molecular complexity index is 770. The van der Waals surface area contributed by atoms with Gasteiger partial charge < -0.3 is 14.8 Å². The summed E-state index contributed by atoms with van der Waals surface area (Å²) in [7, 11) is 0. The zero-order valence-electron chi connectivity index (χ0n) is 12.4. The lowest BCUT2D eigenvalue weighted by Gasteiger charge is -2.34. The second-order valence-electron chi connectivity index (χ2n) is 5.39. The lowest BCUT2D eigenvalue weighted by atomic mass is 9.93. The molecule has 0 aliphatic carbocycles. The van der Waals surface area contributed by atoms with E-state index in [9.17, 15) is 14.8 Å². The van der Waals surface area contributed by atoms with Crippen molar-refractivity contribution < 1.29 is 9.90 Å². The van der Waals surface area contributed by atoms with Crippen LogP contribution >= 0.6 is 0 Å². The topological polar surface area (TPSA) is 70.0 Å². The van der Waals surface area contributed by atoms with Gasteiger partial charge in [0.05, 0.1) is 11.7 Å². The fourth-order valence-corrected chi connectivity index (χ4v) is 2.91. The predicted molar refractivity (Wildman–Crippen MR) is 89.8 cm³/mol. The zero-order chi connectivity index (χ0) is 16.2. The molecule has 0 saturated carbocycles. The number of para-hydroxylation sites is 2. The maximum Gasteiger partial charge on any atom is 0.142 e. The quantitative estimate of drug-likeness (QED) is 0.691. The van der Waals surface area contributed by atoms with Gasteiger partial charge in [-0.15, -0.1) is 4.91 Å². The molecule has 5 nitrogen and oxygen atoms in total. The van der Waals surface area contributed by atoms with Gasteiger partial charge in [-0.3, -0.25) is 0 Å². The summed E-state index contributed by atoms with van der Waals surface area (Å²) in [6, 6.07) is 13.6. The zero-order valence-corrected chi connectivity index (χ0v) is 12.4. The van der Waals surface area contributed by atoms with Crippen molar-refractivity contribution in [3.8, 4) is 5.75 Å². The second-order valence-corrected chi connectivity index (χ2v) is 5.39. The van der Waals surface area contributed by atoms with Crippen molar-refractivity contribution in [3.05, 3.63) is 65.1 Å². The Kier molecular flexibility index (Phi) is 4.19. The molecule has 1 N–H and O–H groups in total. The smallest absolute Gasteiger partial charge is 0.142 e. The Morgan fingerprint density at radius 1 is 1.13 bits per heavy atom. The number of hydrogen-bond acceptors (Lipinski definition) is 5. The molecule has 2 aromatic carbocycles. The van der Waals surface area contributed by atoms with Crippen molar-refractivity contribution in [1.29, 1.82) is 0 Å². The van der Waals surface area contributed by atoms with Crippen molar-refractivity contribution >= 4 is 23.2 Å². The number of hydrogen-bond donors (Lipinski definition) is 1. The summed E-state index contributed by atoms with van der Waals surface area (Å²) in [6.07, 6.45) is 3.30. The van der Waals surface area contributed by atoms with E-state index in [1.165, 1.54) is 0 Å². The summed E-state index contributed by atoms with van der Waals surface area (Å²) >= 11 is 0. The molecule has 0 bridgehead atoms. The second kappa shape index (κ2) is 6.44. The number of carbonyl (C=O) groups excluding carboxylic acids is 1. The molecule has 1 atom stereocenters. The van der Waals surface area contributed by atoms with E-state index in [-0.39, 0.29) is 5.75 Å².